The number of carbonyl (C=O) groups is 3. The second-order valence-electron chi connectivity index (χ2n) is 7.07. The Bertz CT molecular complexity index is 1080. The number of ether oxygens (including phenoxy) is 1. The van der Waals surface area contributed by atoms with Crippen LogP contribution in [0.1, 0.15) is 41.0 Å². The number of ketones is 1. The van der Waals surface area contributed by atoms with Gasteiger partial charge >= 0.3 is 5.97 Å². The number of Topliss-reactive ketones (excluding diaryl/α,β-unsaturated/α-hetero) is 1. The van der Waals surface area contributed by atoms with Gasteiger partial charge in [-0.3, -0.25) is 9.59 Å². The van der Waals surface area contributed by atoms with E-state index in [1.807, 2.05) is 13.8 Å². The van der Waals surface area contributed by atoms with E-state index in [-0.39, 0.29) is 32.9 Å². The number of benzene rings is 2. The molecule has 0 spiro atoms. The number of esters is 1. The van der Waals surface area contributed by atoms with Crippen LogP contribution in [0.15, 0.2) is 47.4 Å². The van der Waals surface area contributed by atoms with Crippen molar-refractivity contribution in [2.24, 2.45) is 5.92 Å². The molecule has 2 aromatic carbocycles. The third-order valence-corrected chi connectivity index (χ3v) is 5.90. The van der Waals surface area contributed by atoms with Crippen molar-refractivity contribution < 1.29 is 27.5 Å². The van der Waals surface area contributed by atoms with E-state index in [1.54, 1.807) is 12.1 Å². The van der Waals surface area contributed by atoms with Crippen molar-refractivity contribution in [2.45, 2.75) is 25.2 Å². The van der Waals surface area contributed by atoms with Crippen LogP contribution in [0.3, 0.4) is 0 Å². The number of nitrogens with one attached hydrogen (secondary N) is 2. The zero-order valence-electron chi connectivity index (χ0n) is 17.3. The predicted octanol–water partition coefficient (Wildman–Crippen LogP) is 3.27. The van der Waals surface area contributed by atoms with Gasteiger partial charge < -0.3 is 10.1 Å². The number of hydrogen-bond donors (Lipinski definition) is 2. The van der Waals surface area contributed by atoms with Crippen molar-refractivity contribution in [1.82, 2.24) is 4.72 Å². The smallest absolute Gasteiger partial charge is 0.340 e. The number of carbonyl (C=O) groups excluding carboxylic acids is 3. The predicted molar refractivity (Wildman–Crippen MR) is 117 cm³/mol. The third kappa shape index (κ3) is 6.88. The summed E-state index contributed by atoms with van der Waals surface area (Å²) in [6.45, 7) is 3.31. The van der Waals surface area contributed by atoms with Gasteiger partial charge in [0.05, 0.1) is 15.5 Å². The Morgan fingerprint density at radius 1 is 1.06 bits per heavy atom. The highest BCUT2D eigenvalue weighted by Gasteiger charge is 2.19. The molecule has 2 aromatic rings. The molecule has 0 heterocycles. The van der Waals surface area contributed by atoms with Crippen molar-refractivity contribution in [3.63, 3.8) is 0 Å². The van der Waals surface area contributed by atoms with Crippen LogP contribution in [0, 0.1) is 5.92 Å². The molecule has 0 aromatic heterocycles. The van der Waals surface area contributed by atoms with E-state index < -0.39 is 28.4 Å². The van der Waals surface area contributed by atoms with Crippen LogP contribution in [0.5, 0.6) is 0 Å². The van der Waals surface area contributed by atoms with Crippen molar-refractivity contribution >= 4 is 45.0 Å². The minimum Gasteiger partial charge on any atom is -0.454 e. The van der Waals surface area contributed by atoms with E-state index in [1.165, 1.54) is 31.3 Å². The molecule has 166 valence electrons. The highest BCUT2D eigenvalue weighted by molar-refractivity contribution is 7.89. The lowest BCUT2D eigenvalue weighted by Crippen LogP contribution is -2.20. The molecule has 2 N–H and O–H groups in total. The fourth-order valence-electron chi connectivity index (χ4n) is 2.56. The molecule has 0 bridgehead atoms. The van der Waals surface area contributed by atoms with Gasteiger partial charge in [-0.05, 0) is 55.4 Å². The first-order valence-corrected chi connectivity index (χ1v) is 11.2. The van der Waals surface area contributed by atoms with E-state index in [0.29, 0.717) is 12.1 Å². The van der Waals surface area contributed by atoms with E-state index in [2.05, 4.69) is 10.0 Å². The maximum Gasteiger partial charge on any atom is 0.340 e. The van der Waals surface area contributed by atoms with Gasteiger partial charge in [-0.15, -0.1) is 0 Å². The Morgan fingerprint density at radius 3 is 2.29 bits per heavy atom. The average Bonchev–Trinajstić information content (AvgIpc) is 2.71. The molecule has 8 nitrogen and oxygen atoms in total. The maximum absolute atomic E-state index is 12.3. The Hall–Kier alpha value is -2.75. The molecule has 0 aliphatic carbocycles. The van der Waals surface area contributed by atoms with Gasteiger partial charge in [0.25, 0.3) is 0 Å². The Balaban J connectivity index is 2.02. The van der Waals surface area contributed by atoms with E-state index >= 15 is 0 Å². The van der Waals surface area contributed by atoms with E-state index in [0.717, 1.165) is 6.07 Å². The second kappa shape index (κ2) is 10.5. The molecule has 31 heavy (non-hydrogen) atoms. The summed E-state index contributed by atoms with van der Waals surface area (Å²) < 4.78 is 30.9. The van der Waals surface area contributed by atoms with Gasteiger partial charge in [-0.25, -0.2) is 17.9 Å². The number of halogens is 1. The summed E-state index contributed by atoms with van der Waals surface area (Å²) in [6.07, 6.45) is 0.385. The lowest BCUT2D eigenvalue weighted by atomic mass is 10.1. The highest BCUT2D eigenvalue weighted by atomic mass is 35.5. The summed E-state index contributed by atoms with van der Waals surface area (Å²) in [7, 11) is -2.54. The van der Waals surface area contributed by atoms with E-state index in [4.69, 9.17) is 16.3 Å². The van der Waals surface area contributed by atoms with Crippen molar-refractivity contribution in [3.05, 3.63) is 58.6 Å². The monoisotopic (exact) mass is 466 g/mol. The standard InChI is InChI=1S/C21H23ClN2O6S/c1-13(2)10-20(26)24-15-6-4-14(5-7-15)19(25)12-30-21(27)17-11-16(8-9-18(17)22)31(28,29)23-3/h4-9,11,13,23H,10,12H2,1-3H3,(H,24,26). The molecule has 0 saturated heterocycles. The molecule has 10 heteroatoms. The van der Waals surface area contributed by atoms with Gasteiger partial charge in [0, 0.05) is 17.7 Å². The summed E-state index contributed by atoms with van der Waals surface area (Å²) in [5, 5.41) is 2.73. The summed E-state index contributed by atoms with van der Waals surface area (Å²) in [4.78, 5) is 36.3. The zero-order valence-corrected chi connectivity index (χ0v) is 18.8. The summed E-state index contributed by atoms with van der Waals surface area (Å²) in [5.41, 5.74) is 0.662. The summed E-state index contributed by atoms with van der Waals surface area (Å²) >= 11 is 5.97. The van der Waals surface area contributed by atoms with Crippen molar-refractivity contribution in [2.75, 3.05) is 19.0 Å². The van der Waals surface area contributed by atoms with Crippen LogP contribution >= 0.6 is 11.6 Å². The van der Waals surface area contributed by atoms with Crippen LogP contribution in [0.4, 0.5) is 5.69 Å². The van der Waals surface area contributed by atoms with Crippen LogP contribution in [0.2, 0.25) is 5.02 Å². The SMILES string of the molecule is CNS(=O)(=O)c1ccc(Cl)c(C(=O)OCC(=O)c2ccc(NC(=O)CC(C)C)cc2)c1. The van der Waals surface area contributed by atoms with Crippen LogP contribution < -0.4 is 10.0 Å². The summed E-state index contributed by atoms with van der Waals surface area (Å²) in [6, 6.07) is 9.76. The molecular weight excluding hydrogens is 444 g/mol. The second-order valence-corrected chi connectivity index (χ2v) is 9.37. The molecule has 0 unspecified atom stereocenters. The Kier molecular flexibility index (Phi) is 8.32. The van der Waals surface area contributed by atoms with Crippen LogP contribution in [-0.2, 0) is 19.6 Å². The highest BCUT2D eigenvalue weighted by Crippen LogP contribution is 2.21. The number of sulfonamides is 1. The van der Waals surface area contributed by atoms with Crippen LogP contribution in [-0.4, -0.2) is 39.7 Å². The maximum atomic E-state index is 12.3. The van der Waals surface area contributed by atoms with Gasteiger partial charge in [0.1, 0.15) is 0 Å². The van der Waals surface area contributed by atoms with Crippen molar-refractivity contribution in [1.29, 1.82) is 0 Å². The number of rotatable bonds is 9. The molecule has 0 aliphatic rings. The molecule has 0 saturated carbocycles. The van der Waals surface area contributed by atoms with Crippen molar-refractivity contribution in [3.8, 4) is 0 Å². The fourth-order valence-corrected chi connectivity index (χ4v) is 3.51. The molecule has 0 atom stereocenters. The first-order chi connectivity index (χ1) is 14.5. The topological polar surface area (TPSA) is 119 Å². The number of anilines is 1. The van der Waals surface area contributed by atoms with E-state index in [9.17, 15) is 22.8 Å². The lowest BCUT2D eigenvalue weighted by Gasteiger charge is -2.09. The molecule has 0 aliphatic heterocycles. The normalized spacial score (nSPS) is 11.3. The lowest BCUT2D eigenvalue weighted by molar-refractivity contribution is -0.116. The minimum atomic E-state index is -3.78. The fraction of sp³-hybridized carbons (Fsp3) is 0.286. The molecule has 0 radical (unpaired) electrons. The van der Waals surface area contributed by atoms with Gasteiger partial charge in [-0.2, -0.15) is 0 Å². The van der Waals surface area contributed by atoms with Crippen LogP contribution in [0.25, 0.3) is 0 Å². The van der Waals surface area contributed by atoms with Gasteiger partial charge in [-0.1, -0.05) is 25.4 Å². The number of amides is 1. The number of hydrogen-bond acceptors (Lipinski definition) is 6. The average molecular weight is 467 g/mol. The van der Waals surface area contributed by atoms with Gasteiger partial charge in [0.2, 0.25) is 15.9 Å². The minimum absolute atomic E-state index is 0.00556. The molecular formula is C21H23ClN2O6S. The molecule has 0 fully saturated rings. The largest absolute Gasteiger partial charge is 0.454 e. The first kappa shape index (κ1) is 24.5. The Morgan fingerprint density at radius 2 is 1.71 bits per heavy atom. The quantitative estimate of drug-likeness (QED) is 0.432. The third-order valence-electron chi connectivity index (χ3n) is 4.16. The Labute approximate surface area is 186 Å². The summed E-state index contributed by atoms with van der Waals surface area (Å²) in [5.74, 6) is -1.29. The zero-order chi connectivity index (χ0) is 23.2. The molecule has 1 amide bonds. The molecule has 2 rings (SSSR count). The van der Waals surface area contributed by atoms with Gasteiger partial charge in [0.15, 0.2) is 12.4 Å². The first-order valence-electron chi connectivity index (χ1n) is 9.37.